The molecule has 0 unspecified atom stereocenters. The maximum atomic E-state index is 13.0. The number of halogens is 3. The zero-order valence-electron chi connectivity index (χ0n) is 21.9. The first kappa shape index (κ1) is 28.8. The first-order valence-corrected chi connectivity index (χ1v) is 13.0. The molecule has 1 aromatic heterocycles. The molecule has 1 aliphatic carbocycles. The summed E-state index contributed by atoms with van der Waals surface area (Å²) < 4.78 is 44.7. The largest absolute Gasteiger partial charge is 0.463 e. The zero-order chi connectivity index (χ0) is 29.0. The molecule has 3 atom stereocenters. The summed E-state index contributed by atoms with van der Waals surface area (Å²) in [5.41, 5.74) is 12.1. The van der Waals surface area contributed by atoms with Crippen molar-refractivity contribution < 1.29 is 27.5 Å². The van der Waals surface area contributed by atoms with Crippen LogP contribution < -0.4 is 16.8 Å². The maximum Gasteiger partial charge on any atom is 0.408 e. The monoisotopic (exact) mass is 560 g/mol. The van der Waals surface area contributed by atoms with E-state index < -0.39 is 24.0 Å². The van der Waals surface area contributed by atoms with Crippen molar-refractivity contribution >= 4 is 29.2 Å². The van der Waals surface area contributed by atoms with Crippen LogP contribution in [-0.4, -0.2) is 65.3 Å². The number of alkyl halides is 3. The van der Waals surface area contributed by atoms with E-state index in [-0.39, 0.29) is 53.9 Å². The molecule has 4 rings (SSSR count). The number of nitrogens with zero attached hydrogens (tertiary/aromatic N) is 5. The number of primary amides is 1. The van der Waals surface area contributed by atoms with Crippen molar-refractivity contribution in [1.29, 1.82) is 5.26 Å². The first-order chi connectivity index (χ1) is 19.0. The molecule has 0 radical (unpaired) electrons. The molecule has 5 N–H and O–H groups in total. The van der Waals surface area contributed by atoms with E-state index in [2.05, 4.69) is 21.0 Å². The van der Waals surface area contributed by atoms with Gasteiger partial charge in [0.05, 0.1) is 24.3 Å². The lowest BCUT2D eigenvalue weighted by molar-refractivity contribution is -0.156. The molecule has 1 saturated carbocycles. The van der Waals surface area contributed by atoms with Gasteiger partial charge in [0.15, 0.2) is 5.69 Å². The van der Waals surface area contributed by atoms with E-state index in [1.807, 2.05) is 10.2 Å². The van der Waals surface area contributed by atoms with E-state index in [1.54, 1.807) is 18.2 Å². The number of anilines is 1. The molecule has 3 aliphatic rings. The first-order valence-electron chi connectivity index (χ1n) is 13.0. The Morgan fingerprint density at radius 2 is 2.00 bits per heavy atom. The topological polar surface area (TPSA) is 172 Å². The summed E-state index contributed by atoms with van der Waals surface area (Å²) in [6.07, 6.45) is -0.274. The van der Waals surface area contributed by atoms with Crippen LogP contribution >= 0.6 is 0 Å². The maximum absolute atomic E-state index is 13.0. The van der Waals surface area contributed by atoms with Gasteiger partial charge in [-0.05, 0) is 57.2 Å². The van der Waals surface area contributed by atoms with Gasteiger partial charge in [-0.3, -0.25) is 9.59 Å². The van der Waals surface area contributed by atoms with Crippen molar-refractivity contribution in [3.63, 3.8) is 0 Å². The van der Waals surface area contributed by atoms with Crippen molar-refractivity contribution in [3.05, 3.63) is 35.4 Å². The summed E-state index contributed by atoms with van der Waals surface area (Å²) in [5, 5.41) is 11.0. The van der Waals surface area contributed by atoms with Crippen molar-refractivity contribution in [2.75, 3.05) is 25.4 Å². The molecule has 0 aromatic carbocycles. The highest BCUT2D eigenvalue weighted by molar-refractivity contribution is 6.40. The van der Waals surface area contributed by atoms with Crippen LogP contribution in [0.4, 0.5) is 18.9 Å². The number of nitrogens with one attached hydrogen (secondary N) is 1. The zero-order valence-corrected chi connectivity index (χ0v) is 21.9. The van der Waals surface area contributed by atoms with Gasteiger partial charge in [-0.15, -0.1) is 0 Å². The van der Waals surface area contributed by atoms with E-state index in [9.17, 15) is 22.8 Å². The van der Waals surface area contributed by atoms with Crippen molar-refractivity contribution in [3.8, 4) is 6.07 Å². The number of nitrogens with two attached hydrogens (primary N) is 2. The summed E-state index contributed by atoms with van der Waals surface area (Å²) in [7, 11) is 0. The van der Waals surface area contributed by atoms with Crippen LogP contribution in [0, 0.1) is 23.2 Å². The Morgan fingerprint density at radius 3 is 2.62 bits per heavy atom. The van der Waals surface area contributed by atoms with Gasteiger partial charge >= 0.3 is 12.2 Å². The number of aliphatic imine (C=N–C) groups is 2. The van der Waals surface area contributed by atoms with E-state index in [4.69, 9.17) is 21.5 Å². The number of hydrogen-bond donors (Lipinski definition) is 3. The quantitative estimate of drug-likeness (QED) is 0.460. The molecule has 3 heterocycles. The Bertz CT molecular complexity index is 1280. The molecule has 1 saturated heterocycles. The smallest absolute Gasteiger partial charge is 0.408 e. The molecule has 2 aliphatic heterocycles. The molecule has 214 valence electrons. The number of nitriles is 1. The van der Waals surface area contributed by atoms with E-state index in [1.165, 1.54) is 0 Å². The number of piperidine rings is 1. The molecular formula is C26H31F3N8O3. The SMILES string of the molecule is C[C@H](NC(=O)C1=NC(OC[C@@H]2C[C@@H]2C#N)=N/C(N2CCC(c3ccc(N)c(C(N)=O)n3)CC2)=C\CC1)C(F)(F)F. The highest BCUT2D eigenvalue weighted by Gasteiger charge is 2.39. The molecule has 2 amide bonds. The molecule has 14 heteroatoms. The van der Waals surface area contributed by atoms with Gasteiger partial charge in [0.2, 0.25) is 0 Å². The third-order valence-corrected chi connectivity index (χ3v) is 7.18. The minimum Gasteiger partial charge on any atom is -0.463 e. The predicted molar refractivity (Wildman–Crippen MR) is 140 cm³/mol. The number of carbonyl (C=O) groups excluding carboxylic acids is 2. The lowest BCUT2D eigenvalue weighted by atomic mass is 9.92. The van der Waals surface area contributed by atoms with E-state index >= 15 is 0 Å². The van der Waals surface area contributed by atoms with Gasteiger partial charge in [-0.25, -0.2) is 4.98 Å². The Hall–Kier alpha value is -4.15. The molecule has 0 spiro atoms. The van der Waals surface area contributed by atoms with Crippen LogP contribution in [0.5, 0.6) is 0 Å². The van der Waals surface area contributed by atoms with Crippen LogP contribution in [0.1, 0.15) is 61.1 Å². The van der Waals surface area contributed by atoms with Gasteiger partial charge in [0.1, 0.15) is 17.6 Å². The fourth-order valence-electron chi connectivity index (χ4n) is 4.55. The Morgan fingerprint density at radius 1 is 1.27 bits per heavy atom. The number of likely N-dealkylation sites (tertiary alicyclic amines) is 1. The number of carbonyl (C=O) groups is 2. The molecule has 1 aromatic rings. The van der Waals surface area contributed by atoms with Gasteiger partial charge in [-0.1, -0.05) is 0 Å². The fourth-order valence-corrected chi connectivity index (χ4v) is 4.55. The Kier molecular flexibility index (Phi) is 8.61. The standard InChI is InChI=1S/C26H31F3N8O3/c1-14(26(27,28)29)33-24(39)20-3-2-4-21(36-25(35-20)40-13-17-11-16(17)12-30)37-9-7-15(8-10-37)19-6-5-18(31)22(34-19)23(32)38/h4-6,14-17H,2-3,7-11,13,31H2,1H3,(H2,32,38)(H,33,39)/b21-4+,35-20?,36-25?/t14-,16+,17-/m0/s1. The third kappa shape index (κ3) is 7.08. The second-order valence-corrected chi connectivity index (χ2v) is 10.1. The predicted octanol–water partition coefficient (Wildman–Crippen LogP) is 2.62. The minimum absolute atomic E-state index is 0.0109. The number of aromatic nitrogens is 1. The van der Waals surface area contributed by atoms with Crippen LogP contribution in [0.15, 0.2) is 34.0 Å². The second-order valence-electron chi connectivity index (χ2n) is 10.1. The van der Waals surface area contributed by atoms with Gasteiger partial charge in [0, 0.05) is 30.6 Å². The van der Waals surface area contributed by atoms with Gasteiger partial charge in [-0.2, -0.15) is 28.4 Å². The number of nitrogen functional groups attached to an aromatic ring is 1. The lowest BCUT2D eigenvalue weighted by Gasteiger charge is -2.33. The van der Waals surface area contributed by atoms with Crippen molar-refractivity contribution in [2.45, 2.75) is 57.2 Å². The number of rotatable bonds is 7. The summed E-state index contributed by atoms with van der Waals surface area (Å²) in [5.74, 6) is -1.09. The third-order valence-electron chi connectivity index (χ3n) is 7.18. The van der Waals surface area contributed by atoms with E-state index in [0.717, 1.165) is 12.6 Å². The lowest BCUT2D eigenvalue weighted by Crippen LogP contribution is -2.46. The van der Waals surface area contributed by atoms with Gasteiger partial charge in [0.25, 0.3) is 11.8 Å². The Labute approximate surface area is 229 Å². The van der Waals surface area contributed by atoms with Crippen molar-refractivity contribution in [2.24, 2.45) is 27.6 Å². The number of hydrogen-bond acceptors (Lipinski definition) is 9. The van der Waals surface area contributed by atoms with Crippen LogP contribution in [-0.2, 0) is 9.53 Å². The van der Waals surface area contributed by atoms with Crippen LogP contribution in [0.25, 0.3) is 0 Å². The highest BCUT2D eigenvalue weighted by Crippen LogP contribution is 2.38. The molecular weight excluding hydrogens is 529 g/mol. The van der Waals surface area contributed by atoms with Crippen molar-refractivity contribution in [1.82, 2.24) is 15.2 Å². The summed E-state index contributed by atoms with van der Waals surface area (Å²) >= 11 is 0. The summed E-state index contributed by atoms with van der Waals surface area (Å²) in [6.45, 7) is 2.22. The Balaban J connectivity index is 1.48. The number of pyridine rings is 1. The average Bonchev–Trinajstić information content (AvgIpc) is 3.66. The van der Waals surface area contributed by atoms with Crippen LogP contribution in [0.3, 0.4) is 0 Å². The van der Waals surface area contributed by atoms with Crippen LogP contribution in [0.2, 0.25) is 0 Å². The number of amidine groups is 1. The summed E-state index contributed by atoms with van der Waals surface area (Å²) in [4.78, 5) is 39.4. The van der Waals surface area contributed by atoms with E-state index in [0.29, 0.717) is 44.6 Å². The second kappa shape index (κ2) is 11.9. The molecule has 0 bridgehead atoms. The fraction of sp³-hybridized carbons (Fsp3) is 0.538. The number of allylic oxidation sites excluding steroid dienone is 1. The van der Waals surface area contributed by atoms with Gasteiger partial charge < -0.3 is 26.4 Å². The molecule has 40 heavy (non-hydrogen) atoms. The summed E-state index contributed by atoms with van der Waals surface area (Å²) in [6, 6.07) is 3.40. The minimum atomic E-state index is -4.59. The number of amides is 2. The normalized spacial score (nSPS) is 23.8. The number of ether oxygens (including phenoxy) is 1. The average molecular weight is 561 g/mol. The highest BCUT2D eigenvalue weighted by atomic mass is 19.4. The molecule has 11 nitrogen and oxygen atoms in total. The molecule has 2 fully saturated rings.